The SMILES string of the molecule is CCCC1CCCN(C2CCCNCC2)CC1. The molecule has 0 saturated carbocycles. The molecule has 0 bridgehead atoms. The van der Waals surface area contributed by atoms with Crippen LogP contribution in [0.2, 0.25) is 0 Å². The van der Waals surface area contributed by atoms with E-state index in [9.17, 15) is 0 Å². The molecule has 0 spiro atoms. The molecule has 0 amide bonds. The van der Waals surface area contributed by atoms with E-state index in [2.05, 4.69) is 17.1 Å². The first kappa shape index (κ1) is 13.4. The summed E-state index contributed by atoms with van der Waals surface area (Å²) in [5, 5.41) is 3.53. The van der Waals surface area contributed by atoms with Gasteiger partial charge in [0.05, 0.1) is 0 Å². The minimum Gasteiger partial charge on any atom is -0.317 e. The van der Waals surface area contributed by atoms with Crippen LogP contribution in [0.3, 0.4) is 0 Å². The summed E-state index contributed by atoms with van der Waals surface area (Å²) in [5.41, 5.74) is 0. The lowest BCUT2D eigenvalue weighted by Crippen LogP contribution is -2.36. The van der Waals surface area contributed by atoms with Crippen molar-refractivity contribution in [2.75, 3.05) is 26.2 Å². The molecule has 100 valence electrons. The van der Waals surface area contributed by atoms with Gasteiger partial charge >= 0.3 is 0 Å². The Hall–Kier alpha value is -0.0800. The molecule has 17 heavy (non-hydrogen) atoms. The van der Waals surface area contributed by atoms with Crippen LogP contribution in [0, 0.1) is 5.92 Å². The molecule has 2 atom stereocenters. The van der Waals surface area contributed by atoms with Crippen molar-refractivity contribution in [3.8, 4) is 0 Å². The van der Waals surface area contributed by atoms with Crippen molar-refractivity contribution in [1.29, 1.82) is 0 Å². The molecule has 2 nitrogen and oxygen atoms in total. The zero-order valence-electron chi connectivity index (χ0n) is 11.6. The third kappa shape index (κ3) is 4.26. The molecule has 0 radical (unpaired) electrons. The fourth-order valence-electron chi connectivity index (χ4n) is 3.62. The summed E-state index contributed by atoms with van der Waals surface area (Å²) in [4.78, 5) is 2.81. The van der Waals surface area contributed by atoms with Crippen molar-refractivity contribution < 1.29 is 0 Å². The Morgan fingerprint density at radius 2 is 1.94 bits per heavy atom. The van der Waals surface area contributed by atoms with Gasteiger partial charge in [0, 0.05) is 6.04 Å². The summed E-state index contributed by atoms with van der Waals surface area (Å²) in [6, 6.07) is 0.880. The van der Waals surface area contributed by atoms with E-state index >= 15 is 0 Å². The maximum absolute atomic E-state index is 3.53. The van der Waals surface area contributed by atoms with Crippen LogP contribution in [0.5, 0.6) is 0 Å². The Morgan fingerprint density at radius 3 is 2.82 bits per heavy atom. The van der Waals surface area contributed by atoms with Crippen LogP contribution in [0.15, 0.2) is 0 Å². The minimum atomic E-state index is 0.880. The lowest BCUT2D eigenvalue weighted by atomic mass is 9.96. The quantitative estimate of drug-likeness (QED) is 0.813. The van der Waals surface area contributed by atoms with Crippen molar-refractivity contribution in [2.45, 2.75) is 64.3 Å². The second kappa shape index (κ2) is 7.38. The normalized spacial score (nSPS) is 33.0. The summed E-state index contributed by atoms with van der Waals surface area (Å²) in [6.07, 6.45) is 11.4. The van der Waals surface area contributed by atoms with Crippen LogP contribution < -0.4 is 5.32 Å². The van der Waals surface area contributed by atoms with Gasteiger partial charge in [-0.25, -0.2) is 0 Å². The first-order valence-corrected chi connectivity index (χ1v) is 7.85. The van der Waals surface area contributed by atoms with Crippen molar-refractivity contribution in [3.63, 3.8) is 0 Å². The van der Waals surface area contributed by atoms with Gasteiger partial charge in [-0.1, -0.05) is 19.8 Å². The van der Waals surface area contributed by atoms with E-state index in [-0.39, 0.29) is 0 Å². The van der Waals surface area contributed by atoms with Crippen LogP contribution in [0.25, 0.3) is 0 Å². The van der Waals surface area contributed by atoms with Crippen LogP contribution >= 0.6 is 0 Å². The highest BCUT2D eigenvalue weighted by Crippen LogP contribution is 2.25. The van der Waals surface area contributed by atoms with Gasteiger partial charge in [0.1, 0.15) is 0 Å². The van der Waals surface area contributed by atoms with Gasteiger partial charge in [-0.15, -0.1) is 0 Å². The molecule has 2 heterocycles. The monoisotopic (exact) mass is 238 g/mol. The molecule has 0 aromatic heterocycles. The van der Waals surface area contributed by atoms with Crippen molar-refractivity contribution in [1.82, 2.24) is 10.2 Å². The second-order valence-electron chi connectivity index (χ2n) is 5.96. The van der Waals surface area contributed by atoms with E-state index in [1.807, 2.05) is 0 Å². The maximum atomic E-state index is 3.53. The fourth-order valence-corrected chi connectivity index (χ4v) is 3.62. The van der Waals surface area contributed by atoms with Gasteiger partial charge in [0.15, 0.2) is 0 Å². The van der Waals surface area contributed by atoms with Gasteiger partial charge in [-0.3, -0.25) is 0 Å². The van der Waals surface area contributed by atoms with Crippen LogP contribution in [-0.4, -0.2) is 37.1 Å². The predicted octanol–water partition coefficient (Wildman–Crippen LogP) is 3.03. The summed E-state index contributed by atoms with van der Waals surface area (Å²) in [7, 11) is 0. The number of likely N-dealkylation sites (tertiary alicyclic amines) is 1. The Labute approximate surface area is 107 Å². The second-order valence-corrected chi connectivity index (χ2v) is 5.96. The standard InChI is InChI=1S/C15H30N2/c1-2-5-14-6-4-12-17(13-9-14)15-7-3-10-16-11-8-15/h14-16H,2-13H2,1H3. The van der Waals surface area contributed by atoms with Gasteiger partial charge in [0.2, 0.25) is 0 Å². The summed E-state index contributed by atoms with van der Waals surface area (Å²) >= 11 is 0. The lowest BCUT2D eigenvalue weighted by Gasteiger charge is -2.29. The van der Waals surface area contributed by atoms with Crippen LogP contribution in [0.4, 0.5) is 0 Å². The highest BCUT2D eigenvalue weighted by molar-refractivity contribution is 4.79. The predicted molar refractivity (Wildman–Crippen MR) is 74.3 cm³/mol. The summed E-state index contributed by atoms with van der Waals surface area (Å²) in [5.74, 6) is 1.02. The highest BCUT2D eigenvalue weighted by atomic mass is 15.2. The van der Waals surface area contributed by atoms with Gasteiger partial charge in [-0.05, 0) is 70.6 Å². The summed E-state index contributed by atoms with van der Waals surface area (Å²) in [6.45, 7) is 7.54. The molecule has 0 aromatic carbocycles. The number of nitrogens with zero attached hydrogens (tertiary/aromatic N) is 1. The molecule has 2 heteroatoms. The molecule has 2 rings (SSSR count). The third-order valence-corrected chi connectivity index (χ3v) is 4.64. The largest absolute Gasteiger partial charge is 0.317 e. The average molecular weight is 238 g/mol. The minimum absolute atomic E-state index is 0.880. The van der Waals surface area contributed by atoms with Crippen LogP contribution in [0.1, 0.15) is 58.3 Å². The first-order chi connectivity index (χ1) is 8.40. The van der Waals surface area contributed by atoms with Crippen LogP contribution in [-0.2, 0) is 0 Å². The smallest absolute Gasteiger partial charge is 0.0108 e. The molecule has 0 aromatic rings. The van der Waals surface area contributed by atoms with Crippen molar-refractivity contribution >= 4 is 0 Å². The average Bonchev–Trinajstić information content (AvgIpc) is 2.71. The first-order valence-electron chi connectivity index (χ1n) is 7.85. The highest BCUT2D eigenvalue weighted by Gasteiger charge is 2.23. The summed E-state index contributed by atoms with van der Waals surface area (Å²) < 4.78 is 0. The van der Waals surface area contributed by atoms with Crippen molar-refractivity contribution in [3.05, 3.63) is 0 Å². The molecule has 2 fully saturated rings. The van der Waals surface area contributed by atoms with E-state index in [0.717, 1.165) is 12.0 Å². The Bertz CT molecular complexity index is 197. The number of hydrogen-bond acceptors (Lipinski definition) is 2. The molecular weight excluding hydrogens is 208 g/mol. The van der Waals surface area contributed by atoms with E-state index in [0.29, 0.717) is 0 Å². The number of hydrogen-bond donors (Lipinski definition) is 1. The van der Waals surface area contributed by atoms with E-state index < -0.39 is 0 Å². The molecular formula is C15H30N2. The topological polar surface area (TPSA) is 15.3 Å². The van der Waals surface area contributed by atoms with Gasteiger partial charge in [0.25, 0.3) is 0 Å². The van der Waals surface area contributed by atoms with Crippen molar-refractivity contribution in [2.24, 2.45) is 5.92 Å². The molecule has 2 aliphatic rings. The van der Waals surface area contributed by atoms with E-state index in [4.69, 9.17) is 0 Å². The molecule has 2 aliphatic heterocycles. The van der Waals surface area contributed by atoms with Gasteiger partial charge < -0.3 is 10.2 Å². The molecule has 1 N–H and O–H groups in total. The van der Waals surface area contributed by atoms with E-state index in [1.165, 1.54) is 77.5 Å². The molecule has 2 saturated heterocycles. The lowest BCUT2D eigenvalue weighted by molar-refractivity contribution is 0.186. The number of rotatable bonds is 3. The molecule has 2 unspecified atom stereocenters. The Kier molecular flexibility index (Phi) is 5.79. The third-order valence-electron chi connectivity index (χ3n) is 4.64. The molecule has 0 aliphatic carbocycles. The van der Waals surface area contributed by atoms with E-state index in [1.54, 1.807) is 0 Å². The zero-order chi connectivity index (χ0) is 11.9. The van der Waals surface area contributed by atoms with Gasteiger partial charge in [-0.2, -0.15) is 0 Å². The Morgan fingerprint density at radius 1 is 1.00 bits per heavy atom. The zero-order valence-corrected chi connectivity index (χ0v) is 11.6. The fraction of sp³-hybridized carbons (Fsp3) is 1.00. The Balaban J connectivity index is 1.80. The maximum Gasteiger partial charge on any atom is 0.0108 e. The number of nitrogens with one attached hydrogen (secondary N) is 1.